The first kappa shape index (κ1) is 21.3. The minimum absolute atomic E-state index is 0.129. The molecule has 2 aromatic rings. The van der Waals surface area contributed by atoms with Crippen LogP contribution in [-0.2, 0) is 26.5 Å². The molecular weight excluding hydrogens is 394 g/mol. The Morgan fingerprint density at radius 1 is 1.10 bits per heavy atom. The standard InChI is InChI=1S/C24H29N3O4/c1-18(28)25-16-22-15-24(30,23(29)31-22)20-7-9-21(10-8-20)27-13-11-26(12-14-27)17-19-5-3-2-4-6-19/h2-10,22,30H,11-17H2,1H3,(H,25,28)/t22?,24-/m1/s1. The zero-order valence-corrected chi connectivity index (χ0v) is 17.8. The predicted octanol–water partition coefficient (Wildman–Crippen LogP) is 1.65. The van der Waals surface area contributed by atoms with E-state index in [1.165, 1.54) is 12.5 Å². The Bertz CT molecular complexity index is 910. The Hall–Kier alpha value is -2.90. The number of nitrogens with one attached hydrogen (secondary N) is 1. The lowest BCUT2D eigenvalue weighted by molar-refractivity contribution is -0.155. The number of hydrogen-bond donors (Lipinski definition) is 2. The van der Waals surface area contributed by atoms with Crippen LogP contribution in [0, 0.1) is 0 Å². The third kappa shape index (κ3) is 4.89. The van der Waals surface area contributed by atoms with Crippen molar-refractivity contribution in [2.24, 2.45) is 0 Å². The van der Waals surface area contributed by atoms with Crippen LogP contribution in [-0.4, -0.2) is 60.7 Å². The number of aliphatic hydroxyl groups is 1. The van der Waals surface area contributed by atoms with E-state index in [0.29, 0.717) is 5.56 Å². The minimum atomic E-state index is -1.67. The van der Waals surface area contributed by atoms with Crippen molar-refractivity contribution in [2.45, 2.75) is 31.6 Å². The molecule has 1 amide bonds. The third-order valence-corrected chi connectivity index (χ3v) is 6.04. The van der Waals surface area contributed by atoms with Gasteiger partial charge in [-0.3, -0.25) is 9.69 Å². The Balaban J connectivity index is 1.34. The number of anilines is 1. The summed E-state index contributed by atoms with van der Waals surface area (Å²) < 4.78 is 5.27. The molecule has 2 fully saturated rings. The van der Waals surface area contributed by atoms with Gasteiger partial charge in [-0.15, -0.1) is 0 Å². The van der Waals surface area contributed by atoms with Gasteiger partial charge >= 0.3 is 5.97 Å². The van der Waals surface area contributed by atoms with Gasteiger partial charge < -0.3 is 20.1 Å². The van der Waals surface area contributed by atoms with Crippen molar-refractivity contribution in [1.29, 1.82) is 0 Å². The summed E-state index contributed by atoms with van der Waals surface area (Å²) >= 11 is 0. The highest BCUT2D eigenvalue weighted by atomic mass is 16.6. The number of esters is 1. The van der Waals surface area contributed by atoms with E-state index in [1.807, 2.05) is 18.2 Å². The molecule has 2 atom stereocenters. The van der Waals surface area contributed by atoms with Crippen molar-refractivity contribution in [3.8, 4) is 0 Å². The van der Waals surface area contributed by atoms with Crippen LogP contribution in [0.3, 0.4) is 0 Å². The number of carbonyl (C=O) groups excluding carboxylic acids is 2. The van der Waals surface area contributed by atoms with Crippen molar-refractivity contribution in [3.05, 3.63) is 65.7 Å². The van der Waals surface area contributed by atoms with Gasteiger partial charge in [0.05, 0.1) is 6.54 Å². The molecule has 0 aromatic heterocycles. The summed E-state index contributed by atoms with van der Waals surface area (Å²) in [5.74, 6) is -0.857. The van der Waals surface area contributed by atoms with Crippen molar-refractivity contribution < 1.29 is 19.4 Å². The molecule has 0 radical (unpaired) electrons. The fraction of sp³-hybridized carbons (Fsp3) is 0.417. The molecule has 164 valence electrons. The molecule has 2 aromatic carbocycles. The molecule has 2 heterocycles. The molecule has 2 aliphatic heterocycles. The molecule has 0 bridgehead atoms. The molecule has 1 unspecified atom stereocenters. The second-order valence-corrected chi connectivity index (χ2v) is 8.32. The summed E-state index contributed by atoms with van der Waals surface area (Å²) in [7, 11) is 0. The molecule has 2 aliphatic rings. The van der Waals surface area contributed by atoms with Gasteiger partial charge in [0.1, 0.15) is 6.10 Å². The number of carbonyl (C=O) groups is 2. The topological polar surface area (TPSA) is 82.1 Å². The number of benzene rings is 2. The molecular formula is C24H29N3O4. The molecule has 7 heteroatoms. The number of piperazine rings is 1. The van der Waals surface area contributed by atoms with Gasteiger partial charge in [0.15, 0.2) is 5.60 Å². The number of amides is 1. The van der Waals surface area contributed by atoms with Gasteiger partial charge in [-0.05, 0) is 23.3 Å². The van der Waals surface area contributed by atoms with Crippen LogP contribution in [0.5, 0.6) is 0 Å². The maximum absolute atomic E-state index is 12.3. The average Bonchev–Trinajstić information content (AvgIpc) is 3.08. The first-order valence-corrected chi connectivity index (χ1v) is 10.7. The van der Waals surface area contributed by atoms with Crippen molar-refractivity contribution in [3.63, 3.8) is 0 Å². The summed E-state index contributed by atoms with van der Waals surface area (Å²) in [5, 5.41) is 13.6. The number of hydrogen-bond acceptors (Lipinski definition) is 6. The van der Waals surface area contributed by atoms with Crippen LogP contribution < -0.4 is 10.2 Å². The van der Waals surface area contributed by atoms with Crippen molar-refractivity contribution in [2.75, 3.05) is 37.6 Å². The summed E-state index contributed by atoms with van der Waals surface area (Å²) in [4.78, 5) is 28.2. The van der Waals surface area contributed by atoms with Crippen LogP contribution in [0.4, 0.5) is 5.69 Å². The Morgan fingerprint density at radius 3 is 2.42 bits per heavy atom. The number of cyclic esters (lactones) is 1. The highest BCUT2D eigenvalue weighted by molar-refractivity contribution is 5.83. The van der Waals surface area contributed by atoms with E-state index < -0.39 is 17.7 Å². The van der Waals surface area contributed by atoms with Gasteiger partial charge in [-0.1, -0.05) is 42.5 Å². The average molecular weight is 424 g/mol. The largest absolute Gasteiger partial charge is 0.458 e. The second-order valence-electron chi connectivity index (χ2n) is 8.32. The number of ether oxygens (including phenoxy) is 1. The summed E-state index contributed by atoms with van der Waals surface area (Å²) in [5.41, 5.74) is 1.26. The number of nitrogens with zero attached hydrogens (tertiary/aromatic N) is 2. The lowest BCUT2D eigenvalue weighted by atomic mass is 9.90. The fourth-order valence-corrected chi connectivity index (χ4v) is 4.26. The molecule has 2 saturated heterocycles. The maximum atomic E-state index is 12.3. The molecule has 2 N–H and O–H groups in total. The molecule has 0 spiro atoms. The van der Waals surface area contributed by atoms with Crippen molar-refractivity contribution in [1.82, 2.24) is 10.2 Å². The van der Waals surface area contributed by atoms with E-state index in [1.54, 1.807) is 12.1 Å². The van der Waals surface area contributed by atoms with E-state index in [0.717, 1.165) is 38.4 Å². The van der Waals surface area contributed by atoms with E-state index in [2.05, 4.69) is 39.4 Å². The van der Waals surface area contributed by atoms with Gasteiger partial charge in [0.2, 0.25) is 5.91 Å². The van der Waals surface area contributed by atoms with Gasteiger partial charge in [-0.2, -0.15) is 0 Å². The van der Waals surface area contributed by atoms with Crippen LogP contribution in [0.25, 0.3) is 0 Å². The summed E-state index contributed by atoms with van der Waals surface area (Å²) in [6, 6.07) is 18.0. The van der Waals surface area contributed by atoms with E-state index in [9.17, 15) is 14.7 Å². The van der Waals surface area contributed by atoms with Gasteiger partial charge in [-0.25, -0.2) is 4.79 Å². The zero-order valence-electron chi connectivity index (χ0n) is 17.8. The molecule has 31 heavy (non-hydrogen) atoms. The quantitative estimate of drug-likeness (QED) is 0.688. The SMILES string of the molecule is CC(=O)NCC1C[C@@](O)(c2ccc(N3CCN(Cc4ccccc4)CC3)cc2)C(=O)O1. The molecule has 7 nitrogen and oxygen atoms in total. The highest BCUT2D eigenvalue weighted by Crippen LogP contribution is 2.36. The normalized spacial score (nSPS) is 24.1. The van der Waals surface area contributed by atoms with Crippen LogP contribution >= 0.6 is 0 Å². The smallest absolute Gasteiger partial charge is 0.343 e. The lowest BCUT2D eigenvalue weighted by Crippen LogP contribution is -2.46. The molecule has 4 rings (SSSR count). The maximum Gasteiger partial charge on any atom is 0.343 e. The monoisotopic (exact) mass is 423 g/mol. The van der Waals surface area contributed by atoms with Gasteiger partial charge in [0.25, 0.3) is 0 Å². The van der Waals surface area contributed by atoms with E-state index in [-0.39, 0.29) is 18.9 Å². The van der Waals surface area contributed by atoms with Crippen LogP contribution in [0.1, 0.15) is 24.5 Å². The Kier molecular flexibility index (Phi) is 6.25. The van der Waals surface area contributed by atoms with E-state index >= 15 is 0 Å². The second kappa shape index (κ2) is 9.08. The van der Waals surface area contributed by atoms with E-state index in [4.69, 9.17) is 4.74 Å². The first-order chi connectivity index (χ1) is 14.9. The molecule has 0 aliphatic carbocycles. The van der Waals surface area contributed by atoms with Crippen LogP contribution in [0.2, 0.25) is 0 Å². The molecule has 0 saturated carbocycles. The highest BCUT2D eigenvalue weighted by Gasteiger charge is 2.49. The number of rotatable bonds is 6. The predicted molar refractivity (Wildman–Crippen MR) is 117 cm³/mol. The van der Waals surface area contributed by atoms with Crippen molar-refractivity contribution >= 4 is 17.6 Å². The Morgan fingerprint density at radius 2 is 1.77 bits per heavy atom. The third-order valence-electron chi connectivity index (χ3n) is 6.04. The van der Waals surface area contributed by atoms with Crippen LogP contribution in [0.15, 0.2) is 54.6 Å². The zero-order chi connectivity index (χ0) is 21.8. The summed E-state index contributed by atoms with van der Waals surface area (Å²) in [6.45, 7) is 6.39. The Labute approximate surface area is 182 Å². The lowest BCUT2D eigenvalue weighted by Gasteiger charge is -2.36. The summed E-state index contributed by atoms with van der Waals surface area (Å²) in [6.07, 6.45) is -0.400. The van der Waals surface area contributed by atoms with Gasteiger partial charge in [0, 0.05) is 51.8 Å². The minimum Gasteiger partial charge on any atom is -0.458 e. The fourth-order valence-electron chi connectivity index (χ4n) is 4.26. The first-order valence-electron chi connectivity index (χ1n) is 10.7.